The van der Waals surface area contributed by atoms with Gasteiger partial charge >= 0.3 is 5.97 Å². The van der Waals surface area contributed by atoms with E-state index in [0.29, 0.717) is 46.0 Å². The van der Waals surface area contributed by atoms with Crippen molar-refractivity contribution >= 4 is 17.4 Å². The van der Waals surface area contributed by atoms with Crippen LogP contribution in [0.3, 0.4) is 0 Å². The Labute approximate surface area is 221 Å². The topological polar surface area (TPSA) is 117 Å². The SMILES string of the molecule is COc1ccc([C@H]2CC(=O)C3=C(C2)NC(C)=C(C(=O)OC(C)C)[C@H]3c2ccc(C)c([N+](=O)[O-])c2)cc1OC. The molecule has 1 aliphatic carbocycles. The predicted molar refractivity (Wildman–Crippen MR) is 141 cm³/mol. The minimum absolute atomic E-state index is 0.0659. The van der Waals surface area contributed by atoms with Gasteiger partial charge < -0.3 is 19.5 Å². The summed E-state index contributed by atoms with van der Waals surface area (Å²) in [7, 11) is 3.13. The molecule has 9 nitrogen and oxygen atoms in total. The lowest BCUT2D eigenvalue weighted by molar-refractivity contribution is -0.385. The molecule has 0 spiro atoms. The fourth-order valence-electron chi connectivity index (χ4n) is 5.27. The Balaban J connectivity index is 1.82. The molecule has 2 aromatic carbocycles. The van der Waals surface area contributed by atoms with Crippen molar-refractivity contribution in [3.05, 3.63) is 85.7 Å². The molecule has 0 bridgehead atoms. The molecule has 9 heteroatoms. The first-order valence-electron chi connectivity index (χ1n) is 12.5. The standard InChI is InChI=1S/C29H32N2O7/c1-15(2)38-29(33)26-17(4)30-21-11-20(18-9-10-24(36-5)25(14-18)37-6)13-23(32)28(21)27(26)19-8-7-16(3)22(12-19)31(34)35/h7-10,12,14-15,20,27,30H,11,13H2,1-6H3/t20-,27-/m1/s1. The molecule has 0 saturated heterocycles. The number of ether oxygens (including phenoxy) is 3. The minimum atomic E-state index is -0.782. The summed E-state index contributed by atoms with van der Waals surface area (Å²) in [6, 6.07) is 10.5. The van der Waals surface area contributed by atoms with Gasteiger partial charge in [-0.1, -0.05) is 18.2 Å². The van der Waals surface area contributed by atoms with Crippen LogP contribution in [0, 0.1) is 17.0 Å². The molecular formula is C29H32N2O7. The number of nitrogens with one attached hydrogen (secondary N) is 1. The third-order valence-corrected chi connectivity index (χ3v) is 7.03. The molecule has 2 atom stereocenters. The van der Waals surface area contributed by atoms with Crippen molar-refractivity contribution in [2.24, 2.45) is 0 Å². The van der Waals surface area contributed by atoms with E-state index in [1.807, 2.05) is 18.2 Å². The molecule has 1 aliphatic heterocycles. The Bertz CT molecular complexity index is 1370. The molecule has 0 aromatic heterocycles. The summed E-state index contributed by atoms with van der Waals surface area (Å²) < 4.78 is 16.3. The van der Waals surface area contributed by atoms with Crippen LogP contribution >= 0.6 is 0 Å². The Morgan fingerprint density at radius 3 is 2.34 bits per heavy atom. The van der Waals surface area contributed by atoms with Crippen molar-refractivity contribution in [3.8, 4) is 11.5 Å². The Morgan fingerprint density at radius 2 is 1.71 bits per heavy atom. The summed E-state index contributed by atoms with van der Waals surface area (Å²) in [5.41, 5.74) is 3.86. The minimum Gasteiger partial charge on any atom is -0.493 e. The van der Waals surface area contributed by atoms with E-state index in [9.17, 15) is 19.7 Å². The number of aryl methyl sites for hydroxylation is 1. The van der Waals surface area contributed by atoms with Crippen molar-refractivity contribution < 1.29 is 28.7 Å². The molecule has 0 unspecified atom stereocenters. The highest BCUT2D eigenvalue weighted by atomic mass is 16.6. The average molecular weight is 521 g/mol. The van der Waals surface area contributed by atoms with Crippen molar-refractivity contribution in [2.45, 2.75) is 58.5 Å². The highest BCUT2D eigenvalue weighted by Crippen LogP contribution is 2.47. The largest absolute Gasteiger partial charge is 0.493 e. The highest BCUT2D eigenvalue weighted by Gasteiger charge is 2.42. The van der Waals surface area contributed by atoms with E-state index in [1.54, 1.807) is 54.0 Å². The first-order chi connectivity index (χ1) is 18.0. The number of benzene rings is 2. The normalized spacial score (nSPS) is 19.2. The van der Waals surface area contributed by atoms with Gasteiger partial charge in [-0.05, 0) is 63.3 Å². The number of esters is 1. The lowest BCUT2D eigenvalue weighted by Crippen LogP contribution is -2.36. The fourth-order valence-corrected chi connectivity index (χ4v) is 5.27. The van der Waals surface area contributed by atoms with Crippen LogP contribution < -0.4 is 14.8 Å². The molecule has 0 saturated carbocycles. The molecule has 0 radical (unpaired) electrons. The van der Waals surface area contributed by atoms with Gasteiger partial charge in [-0.3, -0.25) is 14.9 Å². The van der Waals surface area contributed by atoms with Crippen molar-refractivity contribution in [3.63, 3.8) is 0 Å². The first kappa shape index (κ1) is 26.9. The fraction of sp³-hybridized carbons (Fsp3) is 0.379. The van der Waals surface area contributed by atoms with Crippen LogP contribution in [-0.4, -0.2) is 37.0 Å². The smallest absolute Gasteiger partial charge is 0.337 e. The van der Waals surface area contributed by atoms with E-state index in [-0.39, 0.29) is 35.5 Å². The Hall–Kier alpha value is -4.14. The van der Waals surface area contributed by atoms with Gasteiger partial charge in [0.2, 0.25) is 0 Å². The Morgan fingerprint density at radius 1 is 1.03 bits per heavy atom. The number of ketones is 1. The van der Waals surface area contributed by atoms with Crippen LogP contribution in [0.4, 0.5) is 5.69 Å². The summed E-state index contributed by atoms with van der Waals surface area (Å²) in [4.78, 5) is 38.3. The van der Waals surface area contributed by atoms with Crippen LogP contribution in [0.1, 0.15) is 62.1 Å². The van der Waals surface area contributed by atoms with Gasteiger partial charge in [0, 0.05) is 40.9 Å². The molecule has 0 fully saturated rings. The average Bonchev–Trinajstić information content (AvgIpc) is 2.86. The number of methoxy groups -OCH3 is 2. The molecule has 0 amide bonds. The van der Waals surface area contributed by atoms with Gasteiger partial charge in [0.25, 0.3) is 5.69 Å². The number of rotatable bonds is 7. The maximum atomic E-state index is 13.8. The number of nitro benzene ring substituents is 1. The maximum Gasteiger partial charge on any atom is 0.337 e. The predicted octanol–water partition coefficient (Wildman–Crippen LogP) is 5.23. The second kappa shape index (κ2) is 10.7. The van der Waals surface area contributed by atoms with E-state index in [1.165, 1.54) is 6.07 Å². The molecule has 2 aliphatic rings. The number of hydrogen-bond donors (Lipinski definition) is 1. The van der Waals surface area contributed by atoms with Crippen LogP contribution in [0.15, 0.2) is 58.9 Å². The van der Waals surface area contributed by atoms with Crippen LogP contribution in [-0.2, 0) is 14.3 Å². The zero-order valence-corrected chi connectivity index (χ0v) is 22.4. The first-order valence-corrected chi connectivity index (χ1v) is 12.5. The summed E-state index contributed by atoms with van der Waals surface area (Å²) in [6.07, 6.45) is 0.360. The van der Waals surface area contributed by atoms with Crippen LogP contribution in [0.2, 0.25) is 0 Å². The zero-order chi connectivity index (χ0) is 27.7. The lowest BCUT2D eigenvalue weighted by Gasteiger charge is -2.37. The number of nitrogens with zero attached hydrogens (tertiary/aromatic N) is 1. The number of dihydropyridines is 1. The molecule has 38 heavy (non-hydrogen) atoms. The number of hydrogen-bond acceptors (Lipinski definition) is 8. The number of carbonyl (C=O) groups is 2. The van der Waals surface area contributed by atoms with Crippen LogP contribution in [0.25, 0.3) is 0 Å². The molecular weight excluding hydrogens is 488 g/mol. The van der Waals surface area contributed by atoms with E-state index in [4.69, 9.17) is 14.2 Å². The van der Waals surface area contributed by atoms with Gasteiger partial charge in [-0.2, -0.15) is 0 Å². The van der Waals surface area contributed by atoms with E-state index in [0.717, 1.165) is 5.56 Å². The van der Waals surface area contributed by atoms with Crippen molar-refractivity contribution in [1.82, 2.24) is 5.32 Å². The van der Waals surface area contributed by atoms with Gasteiger partial charge in [0.05, 0.1) is 30.8 Å². The van der Waals surface area contributed by atoms with E-state index < -0.39 is 16.8 Å². The summed E-state index contributed by atoms with van der Waals surface area (Å²) in [5.74, 6) is -0.418. The number of allylic oxidation sites excluding steroid dienone is 3. The number of Topliss-reactive ketones (excluding diaryl/α,β-unsaturated/α-hetero) is 1. The van der Waals surface area contributed by atoms with E-state index >= 15 is 0 Å². The number of nitro groups is 1. The third-order valence-electron chi connectivity index (χ3n) is 7.03. The van der Waals surface area contributed by atoms with Gasteiger partial charge in [-0.15, -0.1) is 0 Å². The van der Waals surface area contributed by atoms with Crippen LogP contribution in [0.5, 0.6) is 11.5 Å². The third kappa shape index (κ3) is 5.01. The second-order valence-electron chi connectivity index (χ2n) is 9.89. The van der Waals surface area contributed by atoms with Gasteiger partial charge in [0.15, 0.2) is 17.3 Å². The molecule has 200 valence electrons. The summed E-state index contributed by atoms with van der Waals surface area (Å²) >= 11 is 0. The highest BCUT2D eigenvalue weighted by molar-refractivity contribution is 6.04. The number of carbonyl (C=O) groups excluding carboxylic acids is 2. The summed E-state index contributed by atoms with van der Waals surface area (Å²) in [5, 5.41) is 15.0. The second-order valence-corrected chi connectivity index (χ2v) is 9.89. The molecule has 1 heterocycles. The summed E-state index contributed by atoms with van der Waals surface area (Å²) in [6.45, 7) is 6.92. The zero-order valence-electron chi connectivity index (χ0n) is 22.4. The van der Waals surface area contributed by atoms with Gasteiger partial charge in [0.1, 0.15) is 0 Å². The molecule has 2 aromatic rings. The lowest BCUT2D eigenvalue weighted by atomic mass is 9.71. The van der Waals surface area contributed by atoms with Crippen molar-refractivity contribution in [2.75, 3.05) is 14.2 Å². The maximum absolute atomic E-state index is 13.8. The Kier molecular flexibility index (Phi) is 7.57. The van der Waals surface area contributed by atoms with Gasteiger partial charge in [-0.25, -0.2) is 4.79 Å². The quantitative estimate of drug-likeness (QED) is 0.300. The monoisotopic (exact) mass is 520 g/mol. The van der Waals surface area contributed by atoms with E-state index in [2.05, 4.69) is 5.32 Å². The van der Waals surface area contributed by atoms with Crippen molar-refractivity contribution in [1.29, 1.82) is 0 Å². The molecule has 1 N–H and O–H groups in total. The molecule has 4 rings (SSSR count).